The summed E-state index contributed by atoms with van der Waals surface area (Å²) in [6.45, 7) is 0. The third-order valence-corrected chi connectivity index (χ3v) is 2.31. The highest BCUT2D eigenvalue weighted by Crippen LogP contribution is 2.16. The largest absolute Gasteiger partial charge is 0.376 e. The second-order valence-electron chi connectivity index (χ2n) is 2.79. The molecule has 16 heavy (non-hydrogen) atoms. The zero-order valence-electron chi connectivity index (χ0n) is 7.67. The number of carbonyl (C=O) groups is 1. The molecule has 0 radical (unpaired) electrons. The number of tetrazole rings is 1. The van der Waals surface area contributed by atoms with Crippen LogP contribution in [-0.2, 0) is 0 Å². The quantitative estimate of drug-likeness (QED) is 0.571. The second kappa shape index (κ2) is 4.07. The molecule has 0 fully saturated rings. The van der Waals surface area contributed by atoms with Crippen LogP contribution in [0.4, 0.5) is 4.79 Å². The maximum absolute atomic E-state index is 11.6. The first-order valence-corrected chi connectivity index (χ1v) is 4.86. The number of nitrogens with zero attached hydrogens (tertiary/aromatic N) is 4. The highest BCUT2D eigenvalue weighted by molar-refractivity contribution is 6.63. The fourth-order valence-corrected chi connectivity index (χ4v) is 1.45. The molecule has 0 aliphatic carbocycles. The summed E-state index contributed by atoms with van der Waals surface area (Å²) >= 11 is 11.0. The molecular formula is C8H4Cl2N4O2. The van der Waals surface area contributed by atoms with Crippen LogP contribution < -0.4 is 5.69 Å². The van der Waals surface area contributed by atoms with Crippen LogP contribution in [0.2, 0.25) is 5.02 Å². The van der Waals surface area contributed by atoms with Crippen LogP contribution >= 0.6 is 23.2 Å². The molecule has 0 bridgehead atoms. The monoisotopic (exact) mass is 258 g/mol. The summed E-state index contributed by atoms with van der Waals surface area (Å²) in [5.41, 5.74) is -0.438. The van der Waals surface area contributed by atoms with Gasteiger partial charge in [0.2, 0.25) is 0 Å². The normalized spacial score (nSPS) is 10.4. The zero-order chi connectivity index (χ0) is 11.7. The Morgan fingerprint density at radius 2 is 1.94 bits per heavy atom. The number of hydrogen-bond acceptors (Lipinski definition) is 4. The van der Waals surface area contributed by atoms with Crippen LogP contribution in [0.5, 0.6) is 0 Å². The van der Waals surface area contributed by atoms with E-state index in [1.807, 2.05) is 0 Å². The van der Waals surface area contributed by atoms with Crippen molar-refractivity contribution in [1.29, 1.82) is 0 Å². The van der Waals surface area contributed by atoms with Crippen LogP contribution in [0.1, 0.15) is 0 Å². The Morgan fingerprint density at radius 3 is 2.50 bits per heavy atom. The van der Waals surface area contributed by atoms with Crippen LogP contribution in [0.25, 0.3) is 5.69 Å². The van der Waals surface area contributed by atoms with Crippen molar-refractivity contribution in [3.05, 3.63) is 39.8 Å². The number of aromatic nitrogens is 4. The maximum atomic E-state index is 11.6. The van der Waals surface area contributed by atoms with Gasteiger partial charge >= 0.3 is 11.1 Å². The van der Waals surface area contributed by atoms with Crippen LogP contribution in [0.15, 0.2) is 29.1 Å². The summed E-state index contributed by atoms with van der Waals surface area (Å²) in [5.74, 6) is 0. The Morgan fingerprint density at radius 1 is 1.25 bits per heavy atom. The standard InChI is InChI=1S/C8H4Cl2N4O2/c9-5-3-1-2-4-6(5)13-8(16)14(7(10)15)12-11-13/h1-4H. The van der Waals surface area contributed by atoms with Crippen molar-refractivity contribution >= 4 is 28.6 Å². The lowest BCUT2D eigenvalue weighted by molar-refractivity contribution is 0.257. The van der Waals surface area contributed by atoms with Gasteiger partial charge in [0.1, 0.15) is 0 Å². The summed E-state index contributed by atoms with van der Waals surface area (Å²) < 4.78 is 1.33. The summed E-state index contributed by atoms with van der Waals surface area (Å²) in [7, 11) is 0. The minimum atomic E-state index is -1.02. The van der Waals surface area contributed by atoms with E-state index in [2.05, 4.69) is 10.4 Å². The molecule has 1 aromatic heterocycles. The van der Waals surface area contributed by atoms with Gasteiger partial charge in [-0.3, -0.25) is 4.79 Å². The van der Waals surface area contributed by atoms with E-state index in [9.17, 15) is 9.59 Å². The summed E-state index contributed by atoms with van der Waals surface area (Å²) in [6.07, 6.45) is 0. The van der Waals surface area contributed by atoms with Gasteiger partial charge in [-0.15, -0.1) is 4.68 Å². The fourth-order valence-electron chi connectivity index (χ4n) is 1.13. The van der Waals surface area contributed by atoms with E-state index >= 15 is 0 Å². The summed E-state index contributed by atoms with van der Waals surface area (Å²) in [4.78, 5) is 22.4. The summed E-state index contributed by atoms with van der Waals surface area (Å²) in [5, 5.41) is 6.10. The minimum Gasteiger partial charge on any atom is -0.253 e. The first kappa shape index (κ1) is 10.8. The number of benzene rings is 1. The minimum absolute atomic E-state index is 0.318. The Bertz CT molecular complexity index is 604. The topological polar surface area (TPSA) is 69.8 Å². The number of hydrogen-bond donors (Lipinski definition) is 0. The summed E-state index contributed by atoms with van der Waals surface area (Å²) in [6, 6.07) is 6.54. The number of rotatable bonds is 1. The van der Waals surface area contributed by atoms with Gasteiger partial charge < -0.3 is 0 Å². The smallest absolute Gasteiger partial charge is 0.253 e. The van der Waals surface area contributed by atoms with E-state index in [1.165, 1.54) is 0 Å². The van der Waals surface area contributed by atoms with Gasteiger partial charge in [0, 0.05) is 0 Å². The van der Waals surface area contributed by atoms with Crippen molar-refractivity contribution in [3.63, 3.8) is 0 Å². The molecule has 0 atom stereocenters. The first-order valence-electron chi connectivity index (χ1n) is 4.11. The van der Waals surface area contributed by atoms with Crippen LogP contribution in [0.3, 0.4) is 0 Å². The van der Waals surface area contributed by atoms with Gasteiger partial charge in [0.05, 0.1) is 10.7 Å². The molecule has 0 saturated heterocycles. The molecule has 1 heterocycles. The Balaban J connectivity index is 2.63. The average Bonchev–Trinajstić information content (AvgIpc) is 2.61. The lowest BCUT2D eigenvalue weighted by Crippen LogP contribution is -2.26. The van der Waals surface area contributed by atoms with E-state index < -0.39 is 11.1 Å². The van der Waals surface area contributed by atoms with E-state index in [0.717, 1.165) is 4.68 Å². The van der Waals surface area contributed by atoms with Crippen molar-refractivity contribution in [1.82, 2.24) is 19.8 Å². The molecule has 1 aromatic carbocycles. The van der Waals surface area contributed by atoms with E-state index in [4.69, 9.17) is 23.2 Å². The van der Waals surface area contributed by atoms with Gasteiger partial charge in [-0.1, -0.05) is 23.7 Å². The molecule has 0 aliphatic rings. The maximum Gasteiger partial charge on any atom is 0.376 e. The van der Waals surface area contributed by atoms with Gasteiger partial charge in [-0.05, 0) is 34.2 Å². The van der Waals surface area contributed by atoms with Gasteiger partial charge in [0.15, 0.2) is 0 Å². The number of para-hydroxylation sites is 1. The SMILES string of the molecule is O=C(Cl)n1nnn(-c2ccccc2Cl)c1=O. The first-order chi connectivity index (χ1) is 7.61. The molecule has 0 spiro atoms. The predicted molar refractivity (Wildman–Crippen MR) is 57.3 cm³/mol. The van der Waals surface area contributed by atoms with Crippen molar-refractivity contribution in [3.8, 4) is 5.69 Å². The molecule has 6 nitrogen and oxygen atoms in total. The fraction of sp³-hybridized carbons (Fsp3) is 0. The lowest BCUT2D eigenvalue weighted by Gasteiger charge is -1.99. The third-order valence-electron chi connectivity index (χ3n) is 1.83. The number of carbonyl (C=O) groups excluding carboxylic acids is 1. The molecule has 8 heteroatoms. The highest BCUT2D eigenvalue weighted by Gasteiger charge is 2.14. The molecule has 82 valence electrons. The van der Waals surface area contributed by atoms with Crippen molar-refractivity contribution in [2.75, 3.05) is 0 Å². The Labute approximate surface area is 99.0 Å². The van der Waals surface area contributed by atoms with Crippen LogP contribution in [-0.4, -0.2) is 25.2 Å². The lowest BCUT2D eigenvalue weighted by atomic mass is 10.3. The Kier molecular flexibility index (Phi) is 2.76. The Hall–Kier alpha value is -1.66. The molecule has 2 rings (SSSR count). The highest BCUT2D eigenvalue weighted by atomic mass is 35.5. The van der Waals surface area contributed by atoms with Crippen LogP contribution in [0, 0.1) is 0 Å². The van der Waals surface area contributed by atoms with Gasteiger partial charge in [0.25, 0.3) is 0 Å². The van der Waals surface area contributed by atoms with E-state index in [-0.39, 0.29) is 0 Å². The van der Waals surface area contributed by atoms with Gasteiger partial charge in [-0.2, -0.15) is 4.68 Å². The molecule has 0 N–H and O–H groups in total. The zero-order valence-corrected chi connectivity index (χ0v) is 9.18. The number of halogens is 2. The van der Waals surface area contributed by atoms with E-state index in [0.29, 0.717) is 15.4 Å². The van der Waals surface area contributed by atoms with E-state index in [1.54, 1.807) is 24.3 Å². The van der Waals surface area contributed by atoms with Crippen molar-refractivity contribution in [2.24, 2.45) is 0 Å². The molecular weight excluding hydrogens is 255 g/mol. The predicted octanol–water partition coefficient (Wildman–Crippen LogP) is 1.29. The average molecular weight is 259 g/mol. The molecule has 0 aliphatic heterocycles. The van der Waals surface area contributed by atoms with Gasteiger partial charge in [-0.25, -0.2) is 4.79 Å². The molecule has 0 saturated carbocycles. The molecule has 2 aromatic rings. The molecule has 0 amide bonds. The van der Waals surface area contributed by atoms with Crippen molar-refractivity contribution < 1.29 is 4.79 Å². The molecule has 0 unspecified atom stereocenters. The third kappa shape index (κ3) is 1.72. The van der Waals surface area contributed by atoms with Crippen molar-refractivity contribution in [2.45, 2.75) is 0 Å². The second-order valence-corrected chi connectivity index (χ2v) is 3.52.